The molecule has 8 heteroatoms. The highest BCUT2D eigenvalue weighted by Crippen LogP contribution is 2.48. The van der Waals surface area contributed by atoms with E-state index in [-0.39, 0.29) is 42.8 Å². The molecule has 30 heavy (non-hydrogen) atoms. The predicted octanol–water partition coefficient (Wildman–Crippen LogP) is 4.58. The lowest BCUT2D eigenvalue weighted by molar-refractivity contribution is -0.0692. The third-order valence-electron chi connectivity index (χ3n) is 5.84. The molecule has 2 saturated heterocycles. The van der Waals surface area contributed by atoms with Crippen LogP contribution in [0.2, 0.25) is 0 Å². The Hall–Kier alpha value is -2.74. The van der Waals surface area contributed by atoms with E-state index in [1.165, 1.54) is 6.07 Å². The molecule has 160 valence electrons. The van der Waals surface area contributed by atoms with Crippen LogP contribution in [0.4, 0.5) is 18.0 Å². The van der Waals surface area contributed by atoms with Crippen molar-refractivity contribution in [2.24, 2.45) is 0 Å². The summed E-state index contributed by atoms with van der Waals surface area (Å²) in [7, 11) is 0. The van der Waals surface area contributed by atoms with Crippen molar-refractivity contribution in [3.05, 3.63) is 65.5 Å². The molecule has 0 saturated carbocycles. The highest BCUT2D eigenvalue weighted by Gasteiger charge is 2.51. The highest BCUT2D eigenvalue weighted by molar-refractivity contribution is 5.69. The molecule has 2 aromatic rings. The average molecular weight is 421 g/mol. The Kier molecular flexibility index (Phi) is 5.60. The number of piperidine rings is 1. The number of nitrogens with zero attached hydrogens (tertiary/aromatic N) is 1. The van der Waals surface area contributed by atoms with Crippen LogP contribution < -0.4 is 4.74 Å². The number of amides is 1. The van der Waals surface area contributed by atoms with Crippen molar-refractivity contribution in [3.8, 4) is 5.75 Å². The monoisotopic (exact) mass is 421 g/mol. The smallest absolute Gasteiger partial charge is 0.410 e. The van der Waals surface area contributed by atoms with Crippen LogP contribution in [-0.2, 0) is 16.9 Å². The van der Waals surface area contributed by atoms with Crippen molar-refractivity contribution in [2.45, 2.75) is 56.6 Å². The zero-order valence-electron chi connectivity index (χ0n) is 16.1. The third-order valence-corrected chi connectivity index (χ3v) is 5.84. The number of carbonyl (C=O) groups is 1. The summed E-state index contributed by atoms with van der Waals surface area (Å²) >= 11 is 0. The second-order valence-corrected chi connectivity index (χ2v) is 7.79. The normalized spacial score (nSPS) is 25.4. The molecule has 2 aromatic carbocycles. The zero-order chi connectivity index (χ0) is 21.3. The van der Waals surface area contributed by atoms with Gasteiger partial charge in [-0.15, -0.1) is 0 Å². The lowest BCUT2D eigenvalue weighted by Gasteiger charge is -2.43. The molecule has 2 bridgehead atoms. The molecule has 2 heterocycles. The van der Waals surface area contributed by atoms with E-state index in [1.807, 2.05) is 30.3 Å². The van der Waals surface area contributed by atoms with Gasteiger partial charge in [0.1, 0.15) is 18.2 Å². The van der Waals surface area contributed by atoms with Crippen LogP contribution >= 0.6 is 0 Å². The van der Waals surface area contributed by atoms with Crippen LogP contribution in [0.5, 0.6) is 5.75 Å². The Bertz CT molecular complexity index is 895. The van der Waals surface area contributed by atoms with E-state index in [0.29, 0.717) is 12.8 Å². The number of fused-ring (bicyclic) bond motifs is 2. The molecule has 0 spiro atoms. The minimum atomic E-state index is -3.14. The lowest BCUT2D eigenvalue weighted by atomic mass is 9.80. The molecule has 1 amide bonds. The molecule has 2 aliphatic rings. The predicted molar refractivity (Wildman–Crippen MR) is 101 cm³/mol. The SMILES string of the molecule is O=C(OCc1ccccc1)N1C2CCC1CC(O)(c1ccc(F)cc1OC(F)F)C2. The molecule has 2 atom stereocenters. The number of rotatable bonds is 5. The summed E-state index contributed by atoms with van der Waals surface area (Å²) in [5, 5.41) is 11.3. The van der Waals surface area contributed by atoms with Gasteiger partial charge in [0.2, 0.25) is 0 Å². The zero-order valence-corrected chi connectivity index (χ0v) is 16.1. The summed E-state index contributed by atoms with van der Waals surface area (Å²) in [6, 6.07) is 11.9. The summed E-state index contributed by atoms with van der Waals surface area (Å²) in [4.78, 5) is 14.3. The number of hydrogen-bond acceptors (Lipinski definition) is 4. The first-order valence-electron chi connectivity index (χ1n) is 9.82. The largest absolute Gasteiger partial charge is 0.445 e. The quantitative estimate of drug-likeness (QED) is 0.768. The van der Waals surface area contributed by atoms with Gasteiger partial charge in [-0.25, -0.2) is 9.18 Å². The number of halogens is 3. The van der Waals surface area contributed by atoms with Crippen molar-refractivity contribution in [1.82, 2.24) is 4.90 Å². The van der Waals surface area contributed by atoms with E-state index in [9.17, 15) is 23.1 Å². The third kappa shape index (κ3) is 4.09. The van der Waals surface area contributed by atoms with Crippen molar-refractivity contribution >= 4 is 6.09 Å². The Labute approximate surface area is 172 Å². The maximum atomic E-state index is 13.6. The van der Waals surface area contributed by atoms with E-state index < -0.39 is 24.1 Å². The Morgan fingerprint density at radius 2 is 1.80 bits per heavy atom. The maximum Gasteiger partial charge on any atom is 0.410 e. The average Bonchev–Trinajstić information content (AvgIpc) is 2.98. The molecule has 2 fully saturated rings. The Morgan fingerprint density at radius 3 is 2.43 bits per heavy atom. The van der Waals surface area contributed by atoms with Crippen LogP contribution in [0.1, 0.15) is 36.8 Å². The first kappa shape index (κ1) is 20.5. The van der Waals surface area contributed by atoms with Crippen molar-refractivity contribution in [1.29, 1.82) is 0 Å². The molecule has 1 N–H and O–H groups in total. The molecule has 2 unspecified atom stereocenters. The van der Waals surface area contributed by atoms with Crippen molar-refractivity contribution < 1.29 is 32.5 Å². The minimum Gasteiger partial charge on any atom is -0.445 e. The Morgan fingerprint density at radius 1 is 1.13 bits per heavy atom. The molecule has 2 aliphatic heterocycles. The molecule has 4 rings (SSSR count). The minimum absolute atomic E-state index is 0.110. The lowest BCUT2D eigenvalue weighted by Crippen LogP contribution is -2.52. The van der Waals surface area contributed by atoms with Gasteiger partial charge in [-0.3, -0.25) is 0 Å². The summed E-state index contributed by atoms with van der Waals surface area (Å²) in [5.74, 6) is -1.12. The van der Waals surface area contributed by atoms with Gasteiger partial charge in [-0.05, 0) is 30.5 Å². The molecular weight excluding hydrogens is 399 g/mol. The second kappa shape index (κ2) is 8.18. The van der Waals surface area contributed by atoms with Gasteiger partial charge < -0.3 is 19.5 Å². The fraction of sp³-hybridized carbons (Fsp3) is 0.409. The summed E-state index contributed by atoms with van der Waals surface area (Å²) in [6.07, 6.45) is 1.14. The van der Waals surface area contributed by atoms with E-state index >= 15 is 0 Å². The van der Waals surface area contributed by atoms with Gasteiger partial charge in [0, 0.05) is 36.6 Å². The Balaban J connectivity index is 1.50. The summed E-state index contributed by atoms with van der Waals surface area (Å²) in [6.45, 7) is -3.00. The van der Waals surface area contributed by atoms with Gasteiger partial charge in [-0.1, -0.05) is 30.3 Å². The highest BCUT2D eigenvalue weighted by atomic mass is 19.3. The van der Waals surface area contributed by atoms with Crippen molar-refractivity contribution in [2.75, 3.05) is 0 Å². The number of ether oxygens (including phenoxy) is 2. The molecule has 0 radical (unpaired) electrons. The summed E-state index contributed by atoms with van der Waals surface area (Å²) < 4.78 is 49.1. The molecule has 5 nitrogen and oxygen atoms in total. The van der Waals surface area contributed by atoms with Crippen LogP contribution in [-0.4, -0.2) is 34.8 Å². The standard InChI is InChI=1S/C22H22F3NO4/c23-15-6-9-18(19(10-15)30-20(24)25)22(28)11-16-7-8-17(12-22)26(16)21(27)29-13-14-4-2-1-3-5-14/h1-6,9-10,16-17,20,28H,7-8,11-13H2. The number of hydrogen-bond donors (Lipinski definition) is 1. The van der Waals surface area contributed by atoms with Crippen molar-refractivity contribution in [3.63, 3.8) is 0 Å². The topological polar surface area (TPSA) is 59.0 Å². The van der Waals surface area contributed by atoms with Gasteiger partial charge >= 0.3 is 12.7 Å². The first-order chi connectivity index (χ1) is 14.4. The number of benzene rings is 2. The molecule has 0 aromatic heterocycles. The van der Waals surface area contributed by atoms with Gasteiger partial charge in [0.25, 0.3) is 0 Å². The summed E-state index contributed by atoms with van der Waals surface area (Å²) in [5.41, 5.74) is -0.523. The fourth-order valence-electron chi connectivity index (χ4n) is 4.61. The maximum absolute atomic E-state index is 13.6. The number of carbonyl (C=O) groups excluding carboxylic acids is 1. The van der Waals surface area contributed by atoms with E-state index in [0.717, 1.165) is 17.7 Å². The fourth-order valence-corrected chi connectivity index (χ4v) is 4.61. The van der Waals surface area contributed by atoms with E-state index in [2.05, 4.69) is 4.74 Å². The van der Waals surface area contributed by atoms with Gasteiger partial charge in [0.15, 0.2) is 0 Å². The van der Waals surface area contributed by atoms with Gasteiger partial charge in [0.05, 0.1) is 5.60 Å². The molecule has 0 aliphatic carbocycles. The van der Waals surface area contributed by atoms with E-state index in [1.54, 1.807) is 4.90 Å². The second-order valence-electron chi connectivity index (χ2n) is 7.79. The first-order valence-corrected chi connectivity index (χ1v) is 9.82. The number of alkyl halides is 2. The van der Waals surface area contributed by atoms with Crippen LogP contribution in [0, 0.1) is 5.82 Å². The van der Waals surface area contributed by atoms with E-state index in [4.69, 9.17) is 4.74 Å². The van der Waals surface area contributed by atoms with Gasteiger partial charge in [-0.2, -0.15) is 8.78 Å². The number of aliphatic hydroxyl groups is 1. The van der Waals surface area contributed by atoms with Crippen LogP contribution in [0.15, 0.2) is 48.5 Å². The van der Waals surface area contributed by atoms with Crippen LogP contribution in [0.25, 0.3) is 0 Å². The molecular formula is C22H22F3NO4. The van der Waals surface area contributed by atoms with Crippen LogP contribution in [0.3, 0.4) is 0 Å².